The quantitative estimate of drug-likeness (QED) is 0.656. The Labute approximate surface area is 98.6 Å². The largest absolute Gasteiger partial charge is 0.295 e. The molecule has 16 heavy (non-hydrogen) atoms. The van der Waals surface area contributed by atoms with E-state index in [9.17, 15) is 4.79 Å². The van der Waals surface area contributed by atoms with Crippen molar-refractivity contribution in [2.75, 3.05) is 0 Å². The third kappa shape index (κ3) is 1.77. The predicted octanol–water partition coefficient (Wildman–Crippen LogP) is 3.90. The molecule has 0 radical (unpaired) electrons. The summed E-state index contributed by atoms with van der Waals surface area (Å²) in [5.41, 5.74) is 1.30. The molecule has 3 atom stereocenters. The van der Waals surface area contributed by atoms with E-state index in [-0.39, 0.29) is 11.2 Å². The van der Waals surface area contributed by atoms with Crippen LogP contribution in [0, 0.1) is 17.3 Å². The molecule has 0 saturated heterocycles. The van der Waals surface area contributed by atoms with Crippen LogP contribution in [-0.2, 0) is 4.79 Å². The molecule has 0 heterocycles. The molecule has 0 spiro atoms. The van der Waals surface area contributed by atoms with E-state index in [4.69, 9.17) is 0 Å². The zero-order chi connectivity index (χ0) is 11.8. The first-order chi connectivity index (χ1) is 7.58. The molecule has 0 aromatic heterocycles. The summed E-state index contributed by atoms with van der Waals surface area (Å²) in [7, 11) is 0. The highest BCUT2D eigenvalue weighted by Gasteiger charge is 2.44. The molecule has 0 unspecified atom stereocenters. The lowest BCUT2D eigenvalue weighted by Crippen LogP contribution is -2.32. The second-order valence-corrected chi connectivity index (χ2v) is 5.55. The minimum absolute atomic E-state index is 0.242. The van der Waals surface area contributed by atoms with Gasteiger partial charge in [-0.15, -0.1) is 0 Å². The average molecular weight is 218 g/mol. The van der Waals surface area contributed by atoms with Crippen LogP contribution in [0.2, 0.25) is 0 Å². The lowest BCUT2D eigenvalue weighted by Gasteiger charge is -2.40. The maximum atomic E-state index is 11.5. The number of rotatable bonds is 3. The van der Waals surface area contributed by atoms with Crippen LogP contribution in [0.15, 0.2) is 23.8 Å². The highest BCUT2D eigenvalue weighted by molar-refractivity contribution is 5.94. The molecule has 0 bridgehead atoms. The SMILES string of the molecule is CCC[C@@H]1CC=C[C@H]2CC(C(C)=O)=C[C@@]12C. The molecule has 1 heteroatoms. The third-order valence-electron chi connectivity index (χ3n) is 4.48. The number of carbonyl (C=O) groups excluding carboxylic acids is 1. The van der Waals surface area contributed by atoms with Crippen molar-refractivity contribution in [1.82, 2.24) is 0 Å². The van der Waals surface area contributed by atoms with Gasteiger partial charge in [-0.2, -0.15) is 0 Å². The van der Waals surface area contributed by atoms with E-state index in [2.05, 4.69) is 32.1 Å². The normalized spacial score (nSPS) is 37.1. The van der Waals surface area contributed by atoms with Crippen molar-refractivity contribution >= 4 is 5.78 Å². The molecule has 2 aliphatic carbocycles. The highest BCUT2D eigenvalue weighted by Crippen LogP contribution is 2.52. The molecular weight excluding hydrogens is 196 g/mol. The Bertz CT molecular complexity index is 350. The van der Waals surface area contributed by atoms with Crippen molar-refractivity contribution < 1.29 is 4.79 Å². The summed E-state index contributed by atoms with van der Waals surface area (Å²) in [5.74, 6) is 1.56. The van der Waals surface area contributed by atoms with Gasteiger partial charge in [-0.3, -0.25) is 4.79 Å². The second kappa shape index (κ2) is 4.20. The molecule has 0 aliphatic heterocycles. The molecule has 2 aliphatic rings. The van der Waals surface area contributed by atoms with Crippen molar-refractivity contribution in [3.8, 4) is 0 Å². The lowest BCUT2D eigenvalue weighted by atomic mass is 9.64. The van der Waals surface area contributed by atoms with Gasteiger partial charge in [0, 0.05) is 0 Å². The summed E-state index contributed by atoms with van der Waals surface area (Å²) in [4.78, 5) is 11.5. The number of Topliss-reactive ketones (excluding diaryl/α,β-unsaturated/α-hetero) is 1. The van der Waals surface area contributed by atoms with E-state index in [1.807, 2.05) is 0 Å². The number of carbonyl (C=O) groups is 1. The van der Waals surface area contributed by atoms with Gasteiger partial charge in [0.25, 0.3) is 0 Å². The van der Waals surface area contributed by atoms with E-state index < -0.39 is 0 Å². The molecule has 0 saturated carbocycles. The maximum Gasteiger partial charge on any atom is 0.155 e. The van der Waals surface area contributed by atoms with Crippen molar-refractivity contribution in [3.05, 3.63) is 23.8 Å². The number of allylic oxidation sites excluding steroid dienone is 4. The van der Waals surface area contributed by atoms with Crippen LogP contribution in [0.5, 0.6) is 0 Å². The summed E-state index contributed by atoms with van der Waals surface area (Å²) < 4.78 is 0. The Hall–Kier alpha value is -0.850. The first-order valence-electron chi connectivity index (χ1n) is 6.47. The Balaban J connectivity index is 2.29. The number of ketones is 1. The average Bonchev–Trinajstić information content (AvgIpc) is 2.58. The van der Waals surface area contributed by atoms with Gasteiger partial charge in [0.1, 0.15) is 0 Å². The van der Waals surface area contributed by atoms with Crippen molar-refractivity contribution in [3.63, 3.8) is 0 Å². The van der Waals surface area contributed by atoms with Crippen LogP contribution in [0.4, 0.5) is 0 Å². The molecule has 0 aromatic carbocycles. The van der Waals surface area contributed by atoms with E-state index in [1.54, 1.807) is 6.92 Å². The van der Waals surface area contributed by atoms with Crippen LogP contribution in [-0.4, -0.2) is 5.78 Å². The number of hydrogen-bond acceptors (Lipinski definition) is 1. The highest BCUT2D eigenvalue weighted by atomic mass is 16.1. The van der Waals surface area contributed by atoms with Crippen molar-refractivity contribution in [2.45, 2.75) is 46.5 Å². The van der Waals surface area contributed by atoms with Gasteiger partial charge in [0.05, 0.1) is 0 Å². The summed E-state index contributed by atoms with van der Waals surface area (Å²) in [6.07, 6.45) is 11.6. The van der Waals surface area contributed by atoms with Crippen molar-refractivity contribution in [1.29, 1.82) is 0 Å². The van der Waals surface area contributed by atoms with Gasteiger partial charge in [0.15, 0.2) is 5.78 Å². The summed E-state index contributed by atoms with van der Waals surface area (Å²) in [6.45, 7) is 6.30. The van der Waals surface area contributed by atoms with Crippen LogP contribution in [0.25, 0.3) is 0 Å². The topological polar surface area (TPSA) is 17.1 Å². The summed E-state index contributed by atoms with van der Waals surface area (Å²) >= 11 is 0. The van der Waals surface area contributed by atoms with Gasteiger partial charge in [-0.05, 0) is 49.0 Å². The van der Waals surface area contributed by atoms with E-state index in [0.717, 1.165) is 17.9 Å². The first-order valence-corrected chi connectivity index (χ1v) is 6.47. The van der Waals surface area contributed by atoms with Crippen LogP contribution in [0.1, 0.15) is 46.5 Å². The number of hydrogen-bond donors (Lipinski definition) is 0. The molecule has 0 N–H and O–H groups in total. The third-order valence-corrected chi connectivity index (χ3v) is 4.48. The maximum absolute atomic E-state index is 11.5. The minimum atomic E-state index is 0.242. The van der Waals surface area contributed by atoms with E-state index >= 15 is 0 Å². The Kier molecular flexibility index (Phi) is 3.05. The fourth-order valence-corrected chi connectivity index (χ4v) is 3.38. The smallest absolute Gasteiger partial charge is 0.155 e. The van der Waals surface area contributed by atoms with Crippen LogP contribution >= 0.6 is 0 Å². The summed E-state index contributed by atoms with van der Waals surface area (Å²) in [6, 6.07) is 0. The zero-order valence-corrected chi connectivity index (χ0v) is 10.6. The molecule has 88 valence electrons. The van der Waals surface area contributed by atoms with Gasteiger partial charge in [-0.25, -0.2) is 0 Å². The van der Waals surface area contributed by atoms with Crippen LogP contribution in [0.3, 0.4) is 0 Å². The fraction of sp³-hybridized carbons (Fsp3) is 0.667. The monoisotopic (exact) mass is 218 g/mol. The first kappa shape index (κ1) is 11.6. The molecular formula is C15H22O. The second-order valence-electron chi connectivity index (χ2n) is 5.55. The number of fused-ring (bicyclic) bond motifs is 1. The Morgan fingerprint density at radius 1 is 1.56 bits per heavy atom. The summed E-state index contributed by atoms with van der Waals surface area (Å²) in [5, 5.41) is 0. The van der Waals surface area contributed by atoms with Gasteiger partial charge >= 0.3 is 0 Å². The van der Waals surface area contributed by atoms with Gasteiger partial charge < -0.3 is 0 Å². The predicted molar refractivity (Wildman–Crippen MR) is 67.1 cm³/mol. The molecule has 1 nitrogen and oxygen atoms in total. The molecule has 0 amide bonds. The Morgan fingerprint density at radius 3 is 2.94 bits per heavy atom. The van der Waals surface area contributed by atoms with E-state index in [1.165, 1.54) is 19.3 Å². The fourth-order valence-electron chi connectivity index (χ4n) is 3.38. The van der Waals surface area contributed by atoms with Gasteiger partial charge in [0.2, 0.25) is 0 Å². The standard InChI is InChI=1S/C15H22O/c1-4-6-13-7-5-8-14-9-12(11(2)16)10-15(13,14)3/h5,8,10,13-14H,4,6-7,9H2,1-3H3/t13-,14+,15+/m1/s1. The van der Waals surface area contributed by atoms with Gasteiger partial charge in [-0.1, -0.05) is 38.5 Å². The van der Waals surface area contributed by atoms with Crippen LogP contribution < -0.4 is 0 Å². The Morgan fingerprint density at radius 2 is 2.31 bits per heavy atom. The lowest BCUT2D eigenvalue weighted by molar-refractivity contribution is -0.113. The molecule has 2 rings (SSSR count). The zero-order valence-electron chi connectivity index (χ0n) is 10.6. The van der Waals surface area contributed by atoms with E-state index in [0.29, 0.717) is 5.92 Å². The van der Waals surface area contributed by atoms with Crippen molar-refractivity contribution in [2.24, 2.45) is 17.3 Å². The molecule has 0 fully saturated rings. The molecule has 0 aromatic rings. The minimum Gasteiger partial charge on any atom is -0.295 e.